The zero-order chi connectivity index (χ0) is 18.6. The Morgan fingerprint density at radius 2 is 2.00 bits per heavy atom. The number of nitrogens with zero attached hydrogens (tertiary/aromatic N) is 1. The van der Waals surface area contributed by atoms with Gasteiger partial charge in [-0.15, -0.1) is 11.3 Å². The molecule has 6 heteroatoms. The molecule has 138 valence electrons. The first kappa shape index (κ1) is 19.5. The average molecular weight is 365 g/mol. The van der Waals surface area contributed by atoms with E-state index in [4.69, 9.17) is 9.47 Å². The molecule has 0 aliphatic rings. The van der Waals surface area contributed by atoms with Gasteiger partial charge < -0.3 is 9.47 Å². The van der Waals surface area contributed by atoms with Crippen LogP contribution in [0.3, 0.4) is 0 Å². The molecule has 0 atom stereocenters. The highest BCUT2D eigenvalue weighted by Gasteiger charge is 2.27. The minimum Gasteiger partial charge on any atom is -0.490 e. The largest absolute Gasteiger partial charge is 0.490 e. The van der Waals surface area contributed by atoms with E-state index in [2.05, 4.69) is 6.92 Å². The fraction of sp³-hybridized carbons (Fsp3) is 0.579. The highest BCUT2D eigenvalue weighted by atomic mass is 32.1. The summed E-state index contributed by atoms with van der Waals surface area (Å²) in [5.74, 6) is -0.0459. The maximum Gasteiger partial charge on any atom is 0.358 e. The summed E-state index contributed by atoms with van der Waals surface area (Å²) in [5.41, 5.74) is -0.106. The number of hydrogen-bond donors (Lipinski definition) is 0. The lowest BCUT2D eigenvalue weighted by Crippen LogP contribution is -2.32. The molecule has 0 fully saturated rings. The molecule has 0 saturated carbocycles. The zero-order valence-corrected chi connectivity index (χ0v) is 16.5. The van der Waals surface area contributed by atoms with Crippen molar-refractivity contribution in [2.75, 3.05) is 13.2 Å². The minimum absolute atomic E-state index is 0.161. The van der Waals surface area contributed by atoms with E-state index in [0.717, 1.165) is 12.8 Å². The van der Waals surface area contributed by atoms with Gasteiger partial charge in [-0.3, -0.25) is 9.36 Å². The van der Waals surface area contributed by atoms with Crippen LogP contribution in [0.1, 0.15) is 57.9 Å². The van der Waals surface area contributed by atoms with Gasteiger partial charge in [0.2, 0.25) is 0 Å². The summed E-state index contributed by atoms with van der Waals surface area (Å²) >= 11 is 1.38. The Bertz CT molecular complexity index is 798. The van der Waals surface area contributed by atoms with Crippen molar-refractivity contribution in [3.63, 3.8) is 0 Å². The summed E-state index contributed by atoms with van der Waals surface area (Å²) in [7, 11) is 0. The summed E-state index contributed by atoms with van der Waals surface area (Å²) in [4.78, 5) is 25.7. The van der Waals surface area contributed by atoms with Gasteiger partial charge in [0.25, 0.3) is 5.56 Å². The average Bonchev–Trinajstić information content (AvgIpc) is 3.00. The van der Waals surface area contributed by atoms with E-state index in [-0.39, 0.29) is 23.3 Å². The predicted octanol–water partition coefficient (Wildman–Crippen LogP) is 4.46. The molecule has 25 heavy (non-hydrogen) atoms. The van der Waals surface area contributed by atoms with Gasteiger partial charge in [-0.1, -0.05) is 34.1 Å². The second-order valence-corrected chi connectivity index (χ2v) is 8.13. The molecule has 0 N–H and O–H groups in total. The number of ether oxygens (including phenoxy) is 2. The Kier molecular flexibility index (Phi) is 6.27. The monoisotopic (exact) mass is 365 g/mol. The molecular weight excluding hydrogens is 338 g/mol. The first-order chi connectivity index (χ1) is 11.8. The smallest absolute Gasteiger partial charge is 0.358 e. The van der Waals surface area contributed by atoms with Gasteiger partial charge in [0.15, 0.2) is 11.4 Å². The molecule has 0 bridgehead atoms. The lowest BCUT2D eigenvalue weighted by Gasteiger charge is -2.24. The van der Waals surface area contributed by atoms with Crippen molar-refractivity contribution >= 4 is 27.4 Å². The predicted molar refractivity (Wildman–Crippen MR) is 102 cm³/mol. The van der Waals surface area contributed by atoms with E-state index < -0.39 is 5.97 Å². The topological polar surface area (TPSA) is 57.5 Å². The van der Waals surface area contributed by atoms with Gasteiger partial charge in [-0.05, 0) is 30.2 Å². The first-order valence-electron chi connectivity index (χ1n) is 8.74. The van der Waals surface area contributed by atoms with Crippen molar-refractivity contribution in [3.05, 3.63) is 27.5 Å². The number of esters is 1. The molecule has 2 heterocycles. The maximum absolute atomic E-state index is 13.0. The molecule has 5 nitrogen and oxygen atoms in total. The fourth-order valence-corrected chi connectivity index (χ4v) is 3.46. The number of aromatic nitrogens is 1. The molecule has 0 spiro atoms. The third kappa shape index (κ3) is 4.42. The van der Waals surface area contributed by atoms with Crippen molar-refractivity contribution in [2.24, 2.45) is 5.41 Å². The SMILES string of the molecule is CCCCOc1c(C(=O)OCC)n(CC(C)(C)C)c(=O)c2sccc12. The molecule has 2 aromatic rings. The van der Waals surface area contributed by atoms with Crippen LogP contribution in [0, 0.1) is 5.41 Å². The number of unbranched alkanes of at least 4 members (excludes halogenated alkanes) is 1. The minimum atomic E-state index is -0.511. The lowest BCUT2D eigenvalue weighted by atomic mass is 9.96. The molecule has 0 unspecified atom stereocenters. The number of thiophene rings is 1. The molecule has 0 amide bonds. The lowest BCUT2D eigenvalue weighted by molar-refractivity contribution is 0.0504. The summed E-state index contributed by atoms with van der Waals surface area (Å²) in [6.07, 6.45) is 1.87. The number of rotatable bonds is 7. The molecule has 0 aliphatic carbocycles. The van der Waals surface area contributed by atoms with Crippen LogP contribution in [-0.4, -0.2) is 23.8 Å². The number of carbonyl (C=O) groups is 1. The highest BCUT2D eigenvalue weighted by Crippen LogP contribution is 2.33. The van der Waals surface area contributed by atoms with Crippen LogP contribution in [0.2, 0.25) is 0 Å². The van der Waals surface area contributed by atoms with Gasteiger partial charge in [0.05, 0.1) is 13.2 Å². The van der Waals surface area contributed by atoms with Crippen LogP contribution < -0.4 is 10.3 Å². The van der Waals surface area contributed by atoms with Crippen molar-refractivity contribution in [2.45, 2.75) is 54.0 Å². The number of fused-ring (bicyclic) bond motifs is 1. The third-order valence-corrected chi connectivity index (χ3v) is 4.58. The number of pyridine rings is 1. The summed E-state index contributed by atoms with van der Waals surface area (Å²) < 4.78 is 13.3. The first-order valence-corrected chi connectivity index (χ1v) is 9.62. The van der Waals surface area contributed by atoms with Crippen molar-refractivity contribution in [1.29, 1.82) is 0 Å². The third-order valence-electron chi connectivity index (χ3n) is 3.68. The molecule has 2 rings (SSSR count). The van der Waals surface area contributed by atoms with Crippen LogP contribution in [0.25, 0.3) is 10.1 Å². The summed E-state index contributed by atoms with van der Waals surface area (Å²) in [6, 6.07) is 1.84. The van der Waals surface area contributed by atoms with Crippen LogP contribution in [0.5, 0.6) is 5.75 Å². The highest BCUT2D eigenvalue weighted by molar-refractivity contribution is 7.17. The van der Waals surface area contributed by atoms with Crippen LogP contribution >= 0.6 is 11.3 Å². The van der Waals surface area contributed by atoms with Gasteiger partial charge in [-0.2, -0.15) is 0 Å². The Labute approximate surface area is 152 Å². The second-order valence-electron chi connectivity index (χ2n) is 7.22. The van der Waals surface area contributed by atoms with Gasteiger partial charge in [0.1, 0.15) is 4.70 Å². The van der Waals surface area contributed by atoms with Gasteiger partial charge in [0, 0.05) is 11.9 Å². The van der Waals surface area contributed by atoms with E-state index in [9.17, 15) is 9.59 Å². The quantitative estimate of drug-likeness (QED) is 0.537. The molecular formula is C19H27NO4S. The van der Waals surface area contributed by atoms with E-state index in [1.807, 2.05) is 32.2 Å². The van der Waals surface area contributed by atoms with Crippen LogP contribution in [-0.2, 0) is 11.3 Å². The van der Waals surface area contributed by atoms with E-state index in [1.165, 1.54) is 15.9 Å². The van der Waals surface area contributed by atoms with E-state index in [0.29, 0.717) is 29.0 Å². The maximum atomic E-state index is 13.0. The summed E-state index contributed by atoms with van der Waals surface area (Å²) in [6.45, 7) is 11.1. The van der Waals surface area contributed by atoms with Crippen molar-refractivity contribution in [3.8, 4) is 5.75 Å². The standard InChI is InChI=1S/C19H27NO4S/c1-6-8-10-24-15-13-9-11-25-16(13)17(21)20(12-19(3,4)5)14(15)18(22)23-7-2/h9,11H,6-8,10,12H2,1-5H3. The Morgan fingerprint density at radius 3 is 2.60 bits per heavy atom. The van der Waals surface area contributed by atoms with Crippen molar-refractivity contribution in [1.82, 2.24) is 4.57 Å². The molecule has 0 saturated heterocycles. The van der Waals surface area contributed by atoms with Gasteiger partial charge >= 0.3 is 5.97 Å². The number of carbonyl (C=O) groups excluding carboxylic acids is 1. The molecule has 2 aromatic heterocycles. The molecule has 0 aromatic carbocycles. The second kappa shape index (κ2) is 8.04. The normalized spacial score (nSPS) is 11.7. The van der Waals surface area contributed by atoms with E-state index in [1.54, 1.807) is 6.92 Å². The fourth-order valence-electron chi connectivity index (χ4n) is 2.62. The van der Waals surface area contributed by atoms with Crippen LogP contribution in [0.4, 0.5) is 0 Å². The zero-order valence-electron chi connectivity index (χ0n) is 15.7. The van der Waals surface area contributed by atoms with E-state index >= 15 is 0 Å². The molecule has 0 radical (unpaired) electrons. The Hall–Kier alpha value is -1.82. The number of hydrogen-bond acceptors (Lipinski definition) is 5. The molecule has 0 aliphatic heterocycles. The van der Waals surface area contributed by atoms with Gasteiger partial charge in [-0.25, -0.2) is 4.79 Å². The summed E-state index contributed by atoms with van der Waals surface area (Å²) in [5, 5.41) is 2.55. The van der Waals surface area contributed by atoms with Crippen molar-refractivity contribution < 1.29 is 14.3 Å². The Balaban J connectivity index is 2.72. The Morgan fingerprint density at radius 1 is 1.28 bits per heavy atom. The van der Waals surface area contributed by atoms with Crippen LogP contribution in [0.15, 0.2) is 16.2 Å².